The first-order chi connectivity index (χ1) is 14.3. The summed E-state index contributed by atoms with van der Waals surface area (Å²) < 4.78 is 2.25. The Morgan fingerprint density at radius 2 is 1.86 bits per heavy atom. The number of benzene rings is 1. The van der Waals surface area contributed by atoms with Crippen molar-refractivity contribution in [2.45, 2.75) is 64.1 Å². The number of aryl methyl sites for hydroxylation is 1. The van der Waals surface area contributed by atoms with Crippen LogP contribution in [0.5, 0.6) is 0 Å². The van der Waals surface area contributed by atoms with E-state index in [9.17, 15) is 4.79 Å². The van der Waals surface area contributed by atoms with Crippen LogP contribution < -0.4 is 10.6 Å². The van der Waals surface area contributed by atoms with Crippen LogP contribution >= 0.6 is 0 Å². The van der Waals surface area contributed by atoms with Crippen LogP contribution in [0.25, 0.3) is 0 Å². The summed E-state index contributed by atoms with van der Waals surface area (Å²) in [7, 11) is 0. The lowest BCUT2D eigenvalue weighted by Crippen LogP contribution is -2.48. The molecule has 0 atom stereocenters. The number of carbonyl (C=O) groups excluding carboxylic acids is 1. The normalized spacial score (nSPS) is 18.1. The molecule has 7 heteroatoms. The summed E-state index contributed by atoms with van der Waals surface area (Å²) in [6.07, 6.45) is 7.39. The smallest absolute Gasteiger partial charge is 0.315 e. The van der Waals surface area contributed by atoms with E-state index in [1.807, 2.05) is 0 Å². The maximum atomic E-state index is 12.3. The number of hydrogen-bond donors (Lipinski definition) is 2. The van der Waals surface area contributed by atoms with Crippen molar-refractivity contribution in [3.8, 4) is 0 Å². The summed E-state index contributed by atoms with van der Waals surface area (Å²) in [6, 6.07) is 10.8. The van der Waals surface area contributed by atoms with Crippen LogP contribution in [0.4, 0.5) is 4.79 Å². The summed E-state index contributed by atoms with van der Waals surface area (Å²) >= 11 is 0. The van der Waals surface area contributed by atoms with E-state index in [0.717, 1.165) is 63.5 Å². The Bertz CT molecular complexity index is 782. The van der Waals surface area contributed by atoms with Crippen molar-refractivity contribution in [3.63, 3.8) is 0 Å². The highest BCUT2D eigenvalue weighted by Crippen LogP contribution is 2.15. The number of carbonyl (C=O) groups is 1. The lowest BCUT2D eigenvalue weighted by Gasteiger charge is -2.32. The molecule has 1 fully saturated rings. The topological polar surface area (TPSA) is 75.1 Å². The molecule has 7 nitrogen and oxygen atoms in total. The van der Waals surface area contributed by atoms with Gasteiger partial charge in [-0.3, -0.25) is 4.90 Å². The highest BCUT2D eigenvalue weighted by Gasteiger charge is 2.21. The minimum absolute atomic E-state index is 0.0675. The van der Waals surface area contributed by atoms with Gasteiger partial charge in [0, 0.05) is 51.6 Å². The van der Waals surface area contributed by atoms with Gasteiger partial charge in [-0.05, 0) is 31.2 Å². The minimum Gasteiger partial charge on any atom is -0.338 e. The zero-order valence-electron chi connectivity index (χ0n) is 17.1. The highest BCUT2D eigenvalue weighted by molar-refractivity contribution is 5.74. The Morgan fingerprint density at radius 3 is 2.69 bits per heavy atom. The molecule has 1 saturated heterocycles. The molecule has 2 aliphatic rings. The summed E-state index contributed by atoms with van der Waals surface area (Å²) in [6.45, 7) is 4.63. The van der Waals surface area contributed by atoms with E-state index in [2.05, 4.69) is 60.6 Å². The number of urea groups is 1. The van der Waals surface area contributed by atoms with Gasteiger partial charge in [0.2, 0.25) is 0 Å². The molecule has 0 unspecified atom stereocenters. The number of nitrogens with one attached hydrogen (secondary N) is 2. The number of fused-ring (bicyclic) bond motifs is 1. The van der Waals surface area contributed by atoms with Crippen LogP contribution in [0.2, 0.25) is 0 Å². The fourth-order valence-corrected chi connectivity index (χ4v) is 4.33. The summed E-state index contributed by atoms with van der Waals surface area (Å²) in [5.74, 6) is 2.10. The first kappa shape index (κ1) is 19.9. The standard InChI is InChI=1S/C22H32N6O/c29-22(23-13-10-21-26-25-20-9-5-2-6-14-28(20)21)24-19-11-15-27(16-12-19)17-18-7-3-1-4-8-18/h1,3-4,7-8,19H,2,5-6,9-17H2,(H2,23,24,29). The van der Waals surface area contributed by atoms with Crippen LogP contribution in [0.1, 0.15) is 49.3 Å². The van der Waals surface area contributed by atoms with Gasteiger partial charge in [-0.15, -0.1) is 10.2 Å². The number of likely N-dealkylation sites (tertiary alicyclic amines) is 1. The fraction of sp³-hybridized carbons (Fsp3) is 0.591. The van der Waals surface area contributed by atoms with Crippen molar-refractivity contribution < 1.29 is 4.79 Å². The fourth-order valence-electron chi connectivity index (χ4n) is 4.33. The predicted molar refractivity (Wildman–Crippen MR) is 113 cm³/mol. The third kappa shape index (κ3) is 5.56. The van der Waals surface area contributed by atoms with Crippen molar-refractivity contribution in [1.82, 2.24) is 30.3 Å². The van der Waals surface area contributed by atoms with E-state index in [1.165, 1.54) is 24.8 Å². The third-order valence-electron chi connectivity index (χ3n) is 5.99. The van der Waals surface area contributed by atoms with Gasteiger partial charge in [0.05, 0.1) is 0 Å². The van der Waals surface area contributed by atoms with E-state index in [-0.39, 0.29) is 12.1 Å². The van der Waals surface area contributed by atoms with Crippen molar-refractivity contribution in [2.24, 2.45) is 0 Å². The van der Waals surface area contributed by atoms with Crippen LogP contribution in [0.3, 0.4) is 0 Å². The molecule has 0 aliphatic carbocycles. The average Bonchev–Trinajstić information content (AvgIpc) is 2.96. The van der Waals surface area contributed by atoms with E-state index >= 15 is 0 Å². The lowest BCUT2D eigenvalue weighted by molar-refractivity contribution is 0.186. The maximum absolute atomic E-state index is 12.3. The molecular formula is C22H32N6O. The molecule has 1 aromatic carbocycles. The van der Waals surface area contributed by atoms with Gasteiger partial charge in [0.1, 0.15) is 11.6 Å². The molecule has 2 amide bonds. The molecular weight excluding hydrogens is 364 g/mol. The minimum atomic E-state index is -0.0675. The van der Waals surface area contributed by atoms with Gasteiger partial charge in [0.15, 0.2) is 0 Å². The quantitative estimate of drug-likeness (QED) is 0.787. The Hall–Kier alpha value is -2.41. The maximum Gasteiger partial charge on any atom is 0.315 e. The molecule has 29 heavy (non-hydrogen) atoms. The Balaban J connectivity index is 1.15. The van der Waals surface area contributed by atoms with E-state index in [1.54, 1.807) is 0 Å². The highest BCUT2D eigenvalue weighted by atomic mass is 16.2. The third-order valence-corrected chi connectivity index (χ3v) is 5.99. The monoisotopic (exact) mass is 396 g/mol. The van der Waals surface area contributed by atoms with Crippen molar-refractivity contribution in [3.05, 3.63) is 47.5 Å². The molecule has 0 radical (unpaired) electrons. The SMILES string of the molecule is O=C(NCCc1nnc2n1CCCCC2)NC1CCN(Cc2ccccc2)CC1. The number of rotatable bonds is 6. The van der Waals surface area contributed by atoms with Gasteiger partial charge in [-0.25, -0.2) is 4.79 Å². The summed E-state index contributed by atoms with van der Waals surface area (Å²) in [5.41, 5.74) is 1.35. The molecule has 2 N–H and O–H groups in total. The number of nitrogens with zero attached hydrogens (tertiary/aromatic N) is 4. The number of aromatic nitrogens is 3. The predicted octanol–water partition coefficient (Wildman–Crippen LogP) is 2.51. The molecule has 0 bridgehead atoms. The van der Waals surface area contributed by atoms with Crippen LogP contribution in [-0.2, 0) is 25.9 Å². The zero-order valence-corrected chi connectivity index (χ0v) is 17.1. The number of piperidine rings is 1. The van der Waals surface area contributed by atoms with Crippen LogP contribution in [0.15, 0.2) is 30.3 Å². The van der Waals surface area contributed by atoms with Gasteiger partial charge < -0.3 is 15.2 Å². The summed E-state index contributed by atoms with van der Waals surface area (Å²) in [5, 5.41) is 14.8. The van der Waals surface area contributed by atoms with Gasteiger partial charge >= 0.3 is 6.03 Å². The van der Waals surface area contributed by atoms with E-state index in [4.69, 9.17) is 0 Å². The number of amides is 2. The van der Waals surface area contributed by atoms with Crippen molar-refractivity contribution in [1.29, 1.82) is 0 Å². The molecule has 1 aromatic heterocycles. The molecule has 2 aliphatic heterocycles. The van der Waals surface area contributed by atoms with Crippen molar-refractivity contribution in [2.75, 3.05) is 19.6 Å². The van der Waals surface area contributed by atoms with Gasteiger partial charge in [0.25, 0.3) is 0 Å². The molecule has 0 spiro atoms. The zero-order chi connectivity index (χ0) is 19.9. The van der Waals surface area contributed by atoms with Crippen LogP contribution in [0, 0.1) is 0 Å². The lowest BCUT2D eigenvalue weighted by atomic mass is 10.0. The Labute approximate surface area is 172 Å². The second-order valence-electron chi connectivity index (χ2n) is 8.18. The van der Waals surface area contributed by atoms with Gasteiger partial charge in [-0.1, -0.05) is 36.8 Å². The molecule has 4 rings (SSSR count). The second kappa shape index (κ2) is 9.87. The second-order valence-corrected chi connectivity index (χ2v) is 8.18. The van der Waals surface area contributed by atoms with Crippen LogP contribution in [-0.4, -0.2) is 51.4 Å². The molecule has 156 valence electrons. The molecule has 3 heterocycles. The van der Waals surface area contributed by atoms with Gasteiger partial charge in [-0.2, -0.15) is 0 Å². The Morgan fingerprint density at radius 1 is 1.03 bits per heavy atom. The Kier molecular flexibility index (Phi) is 6.77. The molecule has 0 saturated carbocycles. The largest absolute Gasteiger partial charge is 0.338 e. The van der Waals surface area contributed by atoms with E-state index < -0.39 is 0 Å². The summed E-state index contributed by atoms with van der Waals surface area (Å²) in [4.78, 5) is 14.7. The molecule has 2 aromatic rings. The average molecular weight is 397 g/mol. The number of hydrogen-bond acceptors (Lipinski definition) is 4. The first-order valence-corrected chi connectivity index (χ1v) is 11.0. The van der Waals surface area contributed by atoms with E-state index in [0.29, 0.717) is 6.54 Å². The first-order valence-electron chi connectivity index (χ1n) is 11.0. The van der Waals surface area contributed by atoms with Crippen molar-refractivity contribution >= 4 is 6.03 Å².